The molecule has 0 aliphatic heterocycles. The smallest absolute Gasteiger partial charge is 0.315 e. The van der Waals surface area contributed by atoms with Gasteiger partial charge in [0.1, 0.15) is 0 Å². The standard InChI is InChI=1S/C15H25N3O2/c1-15(2,3)17-14(20)16-9-10-18(11-12-19)13-7-5-4-6-8-13/h4-8,19H,9-12H2,1-3H3,(H2,16,17,20). The molecule has 0 fully saturated rings. The molecule has 0 unspecified atom stereocenters. The van der Waals surface area contributed by atoms with Gasteiger partial charge in [-0.15, -0.1) is 0 Å². The molecule has 5 nitrogen and oxygen atoms in total. The Morgan fingerprint density at radius 1 is 1.20 bits per heavy atom. The van der Waals surface area contributed by atoms with Gasteiger partial charge in [0, 0.05) is 30.9 Å². The fourth-order valence-electron chi connectivity index (χ4n) is 1.82. The molecule has 1 aromatic carbocycles. The van der Waals surface area contributed by atoms with Crippen molar-refractivity contribution in [2.75, 3.05) is 31.1 Å². The monoisotopic (exact) mass is 279 g/mol. The fraction of sp³-hybridized carbons (Fsp3) is 0.533. The Morgan fingerprint density at radius 3 is 2.40 bits per heavy atom. The molecule has 0 aliphatic carbocycles. The van der Waals surface area contributed by atoms with E-state index in [-0.39, 0.29) is 18.2 Å². The van der Waals surface area contributed by atoms with Crippen LogP contribution in [-0.2, 0) is 0 Å². The average Bonchev–Trinajstić information content (AvgIpc) is 2.36. The molecule has 0 atom stereocenters. The molecule has 0 aromatic heterocycles. The lowest BCUT2D eigenvalue weighted by molar-refractivity contribution is 0.232. The summed E-state index contributed by atoms with van der Waals surface area (Å²) in [6, 6.07) is 9.68. The summed E-state index contributed by atoms with van der Waals surface area (Å²) in [5.41, 5.74) is 0.800. The lowest BCUT2D eigenvalue weighted by atomic mass is 10.1. The summed E-state index contributed by atoms with van der Waals surface area (Å²) >= 11 is 0. The number of carbonyl (C=O) groups is 1. The number of para-hydroxylation sites is 1. The second kappa shape index (κ2) is 7.75. The van der Waals surface area contributed by atoms with Crippen molar-refractivity contribution in [2.24, 2.45) is 0 Å². The molecule has 0 spiro atoms. The van der Waals surface area contributed by atoms with Crippen LogP contribution in [0.4, 0.5) is 10.5 Å². The summed E-state index contributed by atoms with van der Waals surface area (Å²) in [5.74, 6) is 0. The van der Waals surface area contributed by atoms with Crippen LogP contribution in [0.2, 0.25) is 0 Å². The number of hydrogen-bond acceptors (Lipinski definition) is 3. The first-order valence-corrected chi connectivity index (χ1v) is 6.89. The van der Waals surface area contributed by atoms with Crippen LogP contribution < -0.4 is 15.5 Å². The van der Waals surface area contributed by atoms with Crippen molar-refractivity contribution in [3.63, 3.8) is 0 Å². The zero-order valence-corrected chi connectivity index (χ0v) is 12.5. The Bertz CT molecular complexity index is 401. The zero-order chi connectivity index (χ0) is 15.0. The molecule has 0 saturated heterocycles. The van der Waals surface area contributed by atoms with Crippen molar-refractivity contribution in [2.45, 2.75) is 26.3 Å². The first-order chi connectivity index (χ1) is 9.42. The number of carbonyl (C=O) groups excluding carboxylic acids is 1. The SMILES string of the molecule is CC(C)(C)NC(=O)NCCN(CCO)c1ccccc1. The molecule has 0 bridgehead atoms. The van der Waals surface area contributed by atoms with Crippen molar-refractivity contribution in [1.82, 2.24) is 10.6 Å². The van der Waals surface area contributed by atoms with E-state index in [1.54, 1.807) is 0 Å². The summed E-state index contributed by atoms with van der Waals surface area (Å²) in [6.07, 6.45) is 0. The van der Waals surface area contributed by atoms with Crippen LogP contribution in [-0.4, -0.2) is 42.9 Å². The highest BCUT2D eigenvalue weighted by atomic mass is 16.3. The Hall–Kier alpha value is -1.75. The van der Waals surface area contributed by atoms with Gasteiger partial charge in [0.15, 0.2) is 0 Å². The molecule has 0 heterocycles. The Balaban J connectivity index is 2.42. The van der Waals surface area contributed by atoms with E-state index in [0.717, 1.165) is 5.69 Å². The van der Waals surface area contributed by atoms with E-state index in [0.29, 0.717) is 19.6 Å². The minimum atomic E-state index is -0.242. The third kappa shape index (κ3) is 6.43. The number of amides is 2. The molecule has 1 aromatic rings. The van der Waals surface area contributed by atoms with Crippen molar-refractivity contribution in [3.8, 4) is 0 Å². The number of hydrogen-bond donors (Lipinski definition) is 3. The van der Waals surface area contributed by atoms with Gasteiger partial charge in [0.2, 0.25) is 0 Å². The molecule has 1 rings (SSSR count). The summed E-state index contributed by atoms with van der Waals surface area (Å²) in [5, 5.41) is 14.8. The van der Waals surface area contributed by atoms with E-state index in [4.69, 9.17) is 5.11 Å². The van der Waals surface area contributed by atoms with E-state index in [2.05, 4.69) is 10.6 Å². The number of urea groups is 1. The van der Waals surface area contributed by atoms with Crippen LogP contribution >= 0.6 is 0 Å². The van der Waals surface area contributed by atoms with Crippen molar-refractivity contribution in [3.05, 3.63) is 30.3 Å². The van der Waals surface area contributed by atoms with Gasteiger partial charge in [-0.2, -0.15) is 0 Å². The number of anilines is 1. The molecule has 0 radical (unpaired) electrons. The van der Waals surface area contributed by atoms with Crippen molar-refractivity contribution in [1.29, 1.82) is 0 Å². The minimum absolute atomic E-state index is 0.0864. The second-order valence-corrected chi connectivity index (χ2v) is 5.68. The lowest BCUT2D eigenvalue weighted by Gasteiger charge is -2.25. The van der Waals surface area contributed by atoms with E-state index in [1.165, 1.54) is 0 Å². The van der Waals surface area contributed by atoms with Gasteiger partial charge in [-0.05, 0) is 32.9 Å². The van der Waals surface area contributed by atoms with Gasteiger partial charge in [0.25, 0.3) is 0 Å². The average molecular weight is 279 g/mol. The summed E-state index contributed by atoms with van der Waals surface area (Å²) in [4.78, 5) is 13.7. The first-order valence-electron chi connectivity index (χ1n) is 6.89. The summed E-state index contributed by atoms with van der Waals surface area (Å²) in [6.45, 7) is 7.63. The number of aliphatic hydroxyl groups is 1. The predicted molar refractivity (Wildman–Crippen MR) is 82.0 cm³/mol. The van der Waals surface area contributed by atoms with Crippen LogP contribution in [0, 0.1) is 0 Å². The van der Waals surface area contributed by atoms with Gasteiger partial charge in [0.05, 0.1) is 6.61 Å². The third-order valence-electron chi connectivity index (χ3n) is 2.65. The highest BCUT2D eigenvalue weighted by molar-refractivity contribution is 5.74. The number of benzene rings is 1. The molecule has 0 aliphatic rings. The maximum absolute atomic E-state index is 11.6. The second-order valence-electron chi connectivity index (χ2n) is 5.68. The summed E-state index contributed by atoms with van der Waals surface area (Å²) < 4.78 is 0. The van der Waals surface area contributed by atoms with Gasteiger partial charge in [-0.25, -0.2) is 4.79 Å². The number of aliphatic hydroxyl groups excluding tert-OH is 1. The van der Waals surface area contributed by atoms with Crippen molar-refractivity contribution < 1.29 is 9.90 Å². The van der Waals surface area contributed by atoms with Crippen LogP contribution in [0.15, 0.2) is 30.3 Å². The first kappa shape index (κ1) is 16.3. The molecule has 112 valence electrons. The molecule has 3 N–H and O–H groups in total. The van der Waals surface area contributed by atoms with Crippen molar-refractivity contribution >= 4 is 11.7 Å². The highest BCUT2D eigenvalue weighted by Crippen LogP contribution is 2.11. The van der Waals surface area contributed by atoms with E-state index >= 15 is 0 Å². The molecule has 2 amide bonds. The summed E-state index contributed by atoms with van der Waals surface area (Å²) in [7, 11) is 0. The maximum atomic E-state index is 11.6. The molecular formula is C15H25N3O2. The van der Waals surface area contributed by atoms with Crippen LogP contribution in [0.1, 0.15) is 20.8 Å². The largest absolute Gasteiger partial charge is 0.395 e. The minimum Gasteiger partial charge on any atom is -0.395 e. The highest BCUT2D eigenvalue weighted by Gasteiger charge is 2.13. The van der Waals surface area contributed by atoms with Crippen LogP contribution in [0.25, 0.3) is 0 Å². The van der Waals surface area contributed by atoms with Gasteiger partial charge in [-0.3, -0.25) is 0 Å². The van der Waals surface area contributed by atoms with Gasteiger partial charge < -0.3 is 20.6 Å². The molecule has 5 heteroatoms. The number of nitrogens with zero attached hydrogens (tertiary/aromatic N) is 1. The van der Waals surface area contributed by atoms with Gasteiger partial charge >= 0.3 is 6.03 Å². The van der Waals surface area contributed by atoms with E-state index in [9.17, 15) is 4.79 Å². The van der Waals surface area contributed by atoms with E-state index in [1.807, 2.05) is 56.0 Å². The van der Waals surface area contributed by atoms with Gasteiger partial charge in [-0.1, -0.05) is 18.2 Å². The Morgan fingerprint density at radius 2 is 1.85 bits per heavy atom. The van der Waals surface area contributed by atoms with Crippen LogP contribution in [0.3, 0.4) is 0 Å². The zero-order valence-electron chi connectivity index (χ0n) is 12.5. The predicted octanol–water partition coefficient (Wildman–Crippen LogP) is 1.58. The molecule has 0 saturated carbocycles. The lowest BCUT2D eigenvalue weighted by Crippen LogP contribution is -2.48. The van der Waals surface area contributed by atoms with Crippen LogP contribution in [0.5, 0.6) is 0 Å². The third-order valence-corrected chi connectivity index (χ3v) is 2.65. The normalized spacial score (nSPS) is 11.0. The Labute approximate surface area is 121 Å². The number of rotatable bonds is 6. The fourth-order valence-corrected chi connectivity index (χ4v) is 1.82. The maximum Gasteiger partial charge on any atom is 0.315 e. The molecular weight excluding hydrogens is 254 g/mol. The van der Waals surface area contributed by atoms with E-state index < -0.39 is 0 Å². The number of nitrogens with one attached hydrogen (secondary N) is 2. The quantitative estimate of drug-likeness (QED) is 0.741. The molecule has 20 heavy (non-hydrogen) atoms. The topological polar surface area (TPSA) is 64.6 Å². The Kier molecular flexibility index (Phi) is 6.31.